The molecule has 0 saturated carbocycles. The molecule has 0 unspecified atom stereocenters. The first-order valence-electron chi connectivity index (χ1n) is 5.24. The van der Waals surface area contributed by atoms with Crippen molar-refractivity contribution in [1.82, 2.24) is 15.2 Å². The molecular formula is C11H5ClN6O. The first kappa shape index (κ1) is 11.5. The van der Waals surface area contributed by atoms with Crippen molar-refractivity contribution < 1.29 is 4.79 Å². The van der Waals surface area contributed by atoms with Crippen molar-refractivity contribution in [2.24, 2.45) is 5.11 Å². The average Bonchev–Trinajstić information content (AvgIpc) is 2.85. The van der Waals surface area contributed by atoms with E-state index in [1.807, 2.05) is 12.1 Å². The Morgan fingerprint density at radius 3 is 3.00 bits per heavy atom. The van der Waals surface area contributed by atoms with E-state index in [2.05, 4.69) is 25.2 Å². The van der Waals surface area contributed by atoms with E-state index in [0.717, 1.165) is 0 Å². The van der Waals surface area contributed by atoms with Gasteiger partial charge in [-0.1, -0.05) is 29.8 Å². The average molecular weight is 273 g/mol. The van der Waals surface area contributed by atoms with Crippen molar-refractivity contribution in [2.75, 3.05) is 0 Å². The molecule has 1 aromatic carbocycles. The van der Waals surface area contributed by atoms with Crippen molar-refractivity contribution in [3.63, 3.8) is 0 Å². The van der Waals surface area contributed by atoms with Crippen LogP contribution >= 0.6 is 11.6 Å². The molecule has 0 atom stereocenters. The van der Waals surface area contributed by atoms with E-state index in [4.69, 9.17) is 17.1 Å². The molecule has 0 bridgehead atoms. The second kappa shape index (κ2) is 4.24. The number of amides is 1. The molecule has 0 aliphatic rings. The van der Waals surface area contributed by atoms with E-state index in [0.29, 0.717) is 21.8 Å². The number of fused-ring (bicyclic) bond motifs is 3. The number of pyridine rings is 1. The number of para-hydroxylation sites is 1. The second-order valence-corrected chi connectivity index (χ2v) is 4.09. The Morgan fingerprint density at radius 1 is 1.42 bits per heavy atom. The molecule has 0 saturated heterocycles. The molecule has 0 aliphatic carbocycles. The van der Waals surface area contributed by atoms with Crippen LogP contribution in [0.4, 0.5) is 0 Å². The fourth-order valence-electron chi connectivity index (χ4n) is 1.94. The minimum absolute atomic E-state index is 0.105. The van der Waals surface area contributed by atoms with E-state index in [9.17, 15) is 4.79 Å². The third-order valence-electron chi connectivity index (χ3n) is 2.70. The minimum Gasteiger partial charge on any atom is -0.285 e. The Labute approximate surface area is 110 Å². The number of carbonyl (C=O) groups is 1. The van der Waals surface area contributed by atoms with Crippen LogP contribution in [0, 0.1) is 0 Å². The van der Waals surface area contributed by atoms with Gasteiger partial charge in [-0.3, -0.25) is 9.89 Å². The number of nitrogens with one attached hydrogen (secondary N) is 1. The van der Waals surface area contributed by atoms with Crippen LogP contribution in [0.2, 0.25) is 5.15 Å². The molecule has 0 fully saturated rings. The Hall–Kier alpha value is -2.63. The van der Waals surface area contributed by atoms with Gasteiger partial charge in [0, 0.05) is 15.7 Å². The Morgan fingerprint density at radius 2 is 2.21 bits per heavy atom. The zero-order valence-corrected chi connectivity index (χ0v) is 10.1. The third kappa shape index (κ3) is 1.69. The summed E-state index contributed by atoms with van der Waals surface area (Å²) in [5.41, 5.74) is 9.45. The molecule has 2 aromatic heterocycles. The summed E-state index contributed by atoms with van der Waals surface area (Å²) in [6, 6.07) is 7.19. The number of halogens is 1. The number of hydrogen-bond donors (Lipinski definition) is 1. The van der Waals surface area contributed by atoms with Crippen LogP contribution in [-0.2, 0) is 0 Å². The number of H-pyrrole nitrogens is 1. The molecular weight excluding hydrogens is 268 g/mol. The van der Waals surface area contributed by atoms with Gasteiger partial charge in [0.1, 0.15) is 11.2 Å². The fourth-order valence-corrected chi connectivity index (χ4v) is 2.17. The summed E-state index contributed by atoms with van der Waals surface area (Å²) in [6.07, 6.45) is 0. The number of aromatic nitrogens is 3. The Kier molecular flexibility index (Phi) is 2.56. The van der Waals surface area contributed by atoms with Gasteiger partial charge in [0.15, 0.2) is 5.15 Å². The molecule has 19 heavy (non-hydrogen) atoms. The zero-order valence-electron chi connectivity index (χ0n) is 9.33. The van der Waals surface area contributed by atoms with Crippen molar-refractivity contribution in [2.45, 2.75) is 0 Å². The maximum atomic E-state index is 11.7. The van der Waals surface area contributed by atoms with Crippen LogP contribution in [0.3, 0.4) is 0 Å². The normalized spacial score (nSPS) is 10.6. The highest BCUT2D eigenvalue weighted by molar-refractivity contribution is 6.36. The standard InChI is InChI=1S/C11H5ClN6O/c12-10-8-7(5-3-1-2-4-6(5)14-10)9(16-15-8)11(19)17-18-13/h1-4H,(H,15,16). The lowest BCUT2D eigenvalue weighted by atomic mass is 10.1. The van der Waals surface area contributed by atoms with Crippen LogP contribution in [0.25, 0.3) is 32.2 Å². The van der Waals surface area contributed by atoms with Crippen molar-refractivity contribution in [1.29, 1.82) is 0 Å². The van der Waals surface area contributed by atoms with Crippen LogP contribution in [-0.4, -0.2) is 21.1 Å². The van der Waals surface area contributed by atoms with Gasteiger partial charge in [0.25, 0.3) is 5.91 Å². The summed E-state index contributed by atoms with van der Waals surface area (Å²) in [5.74, 6) is -0.739. The molecule has 1 amide bonds. The molecule has 3 rings (SSSR count). The van der Waals surface area contributed by atoms with E-state index in [-0.39, 0.29) is 10.8 Å². The fraction of sp³-hybridized carbons (Fsp3) is 0. The number of rotatable bonds is 1. The van der Waals surface area contributed by atoms with Gasteiger partial charge < -0.3 is 0 Å². The topological polar surface area (TPSA) is 107 Å². The maximum Gasteiger partial charge on any atom is 0.267 e. The van der Waals surface area contributed by atoms with Crippen molar-refractivity contribution in [3.8, 4) is 0 Å². The van der Waals surface area contributed by atoms with Crippen LogP contribution < -0.4 is 0 Å². The number of carbonyl (C=O) groups excluding carboxylic acids is 1. The second-order valence-electron chi connectivity index (χ2n) is 3.74. The predicted molar refractivity (Wildman–Crippen MR) is 69.9 cm³/mol. The van der Waals surface area contributed by atoms with Gasteiger partial charge in [-0.15, -0.1) is 0 Å². The molecule has 8 heteroatoms. The SMILES string of the molecule is [N-]=[N+]=NC(=O)c1[nH]nc2c(Cl)nc3ccccc3c12. The minimum atomic E-state index is -0.739. The number of azide groups is 1. The van der Waals surface area contributed by atoms with Crippen LogP contribution in [0.15, 0.2) is 29.4 Å². The molecule has 2 heterocycles. The van der Waals surface area contributed by atoms with E-state index >= 15 is 0 Å². The molecule has 92 valence electrons. The molecule has 1 N–H and O–H groups in total. The first-order chi connectivity index (χ1) is 9.22. The highest BCUT2D eigenvalue weighted by Gasteiger charge is 2.17. The lowest BCUT2D eigenvalue weighted by molar-refractivity contribution is 0.0997. The number of nitrogens with zero attached hydrogens (tertiary/aromatic N) is 5. The van der Waals surface area contributed by atoms with Crippen LogP contribution in [0.1, 0.15) is 10.5 Å². The van der Waals surface area contributed by atoms with E-state index in [1.54, 1.807) is 12.1 Å². The highest BCUT2D eigenvalue weighted by atomic mass is 35.5. The van der Waals surface area contributed by atoms with Gasteiger partial charge in [0.2, 0.25) is 0 Å². The third-order valence-corrected chi connectivity index (χ3v) is 2.97. The zero-order chi connectivity index (χ0) is 13.4. The van der Waals surface area contributed by atoms with E-state index in [1.165, 1.54) is 0 Å². The monoisotopic (exact) mass is 272 g/mol. The van der Waals surface area contributed by atoms with E-state index < -0.39 is 5.91 Å². The Bertz CT molecular complexity index is 864. The van der Waals surface area contributed by atoms with Gasteiger partial charge in [-0.05, 0) is 16.7 Å². The molecule has 0 spiro atoms. The van der Waals surface area contributed by atoms with Crippen molar-refractivity contribution in [3.05, 3.63) is 45.6 Å². The Balaban J connectivity index is 2.49. The van der Waals surface area contributed by atoms with Crippen molar-refractivity contribution >= 4 is 39.3 Å². The largest absolute Gasteiger partial charge is 0.285 e. The van der Waals surface area contributed by atoms with Gasteiger partial charge >= 0.3 is 0 Å². The number of benzene rings is 1. The summed E-state index contributed by atoms with van der Waals surface area (Å²) >= 11 is 6.02. The van der Waals surface area contributed by atoms with Crippen LogP contribution in [0.5, 0.6) is 0 Å². The summed E-state index contributed by atoms with van der Waals surface area (Å²) in [5, 5.41) is 11.0. The predicted octanol–water partition coefficient (Wildman–Crippen LogP) is 3.22. The number of hydrogen-bond acceptors (Lipinski definition) is 3. The molecule has 7 nitrogen and oxygen atoms in total. The van der Waals surface area contributed by atoms with Gasteiger partial charge in [-0.2, -0.15) is 5.10 Å². The highest BCUT2D eigenvalue weighted by Crippen LogP contribution is 2.30. The molecule has 3 aromatic rings. The summed E-state index contributed by atoms with van der Waals surface area (Å²) in [7, 11) is 0. The quantitative estimate of drug-likeness (QED) is 0.318. The lowest BCUT2D eigenvalue weighted by Crippen LogP contribution is -1.95. The summed E-state index contributed by atoms with van der Waals surface area (Å²) in [4.78, 5) is 18.4. The van der Waals surface area contributed by atoms with Gasteiger partial charge in [0.05, 0.1) is 5.52 Å². The number of aromatic amines is 1. The first-order valence-corrected chi connectivity index (χ1v) is 5.62. The lowest BCUT2D eigenvalue weighted by Gasteiger charge is -2.00. The summed E-state index contributed by atoms with van der Waals surface area (Å²) < 4.78 is 0. The molecule has 0 aliphatic heterocycles. The smallest absolute Gasteiger partial charge is 0.267 e. The maximum absolute atomic E-state index is 11.7. The summed E-state index contributed by atoms with van der Waals surface area (Å²) in [6.45, 7) is 0. The van der Waals surface area contributed by atoms with Gasteiger partial charge in [-0.25, -0.2) is 4.98 Å². The molecule has 0 radical (unpaired) electrons.